The molecule has 0 amide bonds. The van der Waals surface area contributed by atoms with E-state index in [0.29, 0.717) is 0 Å². The summed E-state index contributed by atoms with van der Waals surface area (Å²) >= 11 is 0. The van der Waals surface area contributed by atoms with Crippen LogP contribution in [0.4, 0.5) is 0 Å². The van der Waals surface area contributed by atoms with Crippen LogP contribution in [0.5, 0.6) is 0 Å². The molecular formula is C7H12O3. The predicted octanol–water partition coefficient (Wildman–Crippen LogP) is 1.10. The van der Waals surface area contributed by atoms with Crippen molar-refractivity contribution in [1.82, 2.24) is 0 Å². The summed E-state index contributed by atoms with van der Waals surface area (Å²) in [4.78, 5) is 10.5. The van der Waals surface area contributed by atoms with Gasteiger partial charge in [-0.15, -0.1) is 0 Å². The number of esters is 1. The van der Waals surface area contributed by atoms with Crippen LogP contribution in [0.1, 0.15) is 13.3 Å². The van der Waals surface area contributed by atoms with Crippen molar-refractivity contribution in [3.05, 3.63) is 11.8 Å². The highest BCUT2D eigenvalue weighted by Crippen LogP contribution is 1.95. The van der Waals surface area contributed by atoms with Gasteiger partial charge >= 0.3 is 5.97 Å². The van der Waals surface area contributed by atoms with E-state index in [9.17, 15) is 4.79 Å². The first-order chi connectivity index (χ1) is 4.70. The average molecular weight is 144 g/mol. The fourth-order valence-corrected chi connectivity index (χ4v) is 0.394. The maximum absolute atomic E-state index is 10.5. The number of hydrogen-bond donors (Lipinski definition) is 0. The zero-order chi connectivity index (χ0) is 7.98. The van der Waals surface area contributed by atoms with E-state index in [0.717, 1.165) is 5.76 Å². The molecule has 0 spiro atoms. The summed E-state index contributed by atoms with van der Waals surface area (Å²) in [6, 6.07) is 0. The number of carbonyl (C=O) groups excluding carboxylic acids is 1. The van der Waals surface area contributed by atoms with E-state index in [1.54, 1.807) is 20.1 Å². The first kappa shape index (κ1) is 9.01. The molecule has 0 aromatic heterocycles. The summed E-state index contributed by atoms with van der Waals surface area (Å²) in [6.45, 7) is 1.78. The maximum atomic E-state index is 10.5. The van der Waals surface area contributed by atoms with E-state index < -0.39 is 0 Å². The zero-order valence-corrected chi connectivity index (χ0v) is 6.51. The second kappa shape index (κ2) is 4.85. The molecule has 0 rings (SSSR count). The van der Waals surface area contributed by atoms with Crippen molar-refractivity contribution in [2.75, 3.05) is 14.2 Å². The summed E-state index contributed by atoms with van der Waals surface area (Å²) in [5.74, 6) is 0.474. The molecule has 0 aliphatic rings. The molecule has 0 heterocycles. The summed E-state index contributed by atoms with van der Waals surface area (Å²) < 4.78 is 9.20. The normalized spacial score (nSPS) is 10.9. The molecule has 3 nitrogen and oxygen atoms in total. The maximum Gasteiger partial charge on any atom is 0.309 e. The van der Waals surface area contributed by atoms with Crippen molar-refractivity contribution in [1.29, 1.82) is 0 Å². The van der Waals surface area contributed by atoms with Gasteiger partial charge in [0.05, 0.1) is 26.4 Å². The summed E-state index contributed by atoms with van der Waals surface area (Å²) in [6.07, 6.45) is 1.95. The Bertz CT molecular complexity index is 138. The van der Waals surface area contributed by atoms with E-state index in [2.05, 4.69) is 4.74 Å². The van der Waals surface area contributed by atoms with Crippen LogP contribution >= 0.6 is 0 Å². The van der Waals surface area contributed by atoms with Crippen molar-refractivity contribution >= 4 is 5.97 Å². The largest absolute Gasteiger partial charge is 0.502 e. The quantitative estimate of drug-likeness (QED) is 0.439. The van der Waals surface area contributed by atoms with E-state index >= 15 is 0 Å². The molecule has 0 atom stereocenters. The Morgan fingerprint density at radius 1 is 1.40 bits per heavy atom. The van der Waals surface area contributed by atoms with Gasteiger partial charge in [-0.3, -0.25) is 4.79 Å². The molecule has 58 valence electrons. The fraction of sp³-hybridized carbons (Fsp3) is 0.571. The van der Waals surface area contributed by atoms with Gasteiger partial charge in [0.1, 0.15) is 0 Å². The molecule has 0 aromatic carbocycles. The Morgan fingerprint density at radius 3 is 2.40 bits per heavy atom. The molecule has 0 aromatic rings. The molecular weight excluding hydrogens is 132 g/mol. The van der Waals surface area contributed by atoms with Crippen molar-refractivity contribution in [2.24, 2.45) is 0 Å². The molecule has 0 saturated heterocycles. The van der Waals surface area contributed by atoms with Crippen LogP contribution in [0.25, 0.3) is 0 Å². The lowest BCUT2D eigenvalue weighted by atomic mass is 10.4. The molecule has 0 aliphatic heterocycles. The van der Waals surface area contributed by atoms with E-state index in [4.69, 9.17) is 4.74 Å². The highest BCUT2D eigenvalue weighted by atomic mass is 16.5. The van der Waals surface area contributed by atoms with E-state index in [-0.39, 0.29) is 12.4 Å². The van der Waals surface area contributed by atoms with E-state index in [1.165, 1.54) is 7.11 Å². The third kappa shape index (κ3) is 3.95. The molecule has 0 fully saturated rings. The van der Waals surface area contributed by atoms with Gasteiger partial charge in [-0.2, -0.15) is 0 Å². The monoisotopic (exact) mass is 144 g/mol. The fourth-order valence-electron chi connectivity index (χ4n) is 0.394. The predicted molar refractivity (Wildman–Crippen MR) is 37.4 cm³/mol. The van der Waals surface area contributed by atoms with Gasteiger partial charge in [-0.25, -0.2) is 0 Å². The first-order valence-electron chi connectivity index (χ1n) is 2.98. The Morgan fingerprint density at radius 2 is 2.00 bits per heavy atom. The summed E-state index contributed by atoms with van der Waals surface area (Å²) in [5.41, 5.74) is 0. The van der Waals surface area contributed by atoms with Crippen LogP contribution in [0.3, 0.4) is 0 Å². The minimum atomic E-state index is -0.253. The van der Waals surface area contributed by atoms with Crippen LogP contribution in [0.2, 0.25) is 0 Å². The van der Waals surface area contributed by atoms with Gasteiger partial charge in [0.2, 0.25) is 0 Å². The Labute approximate surface area is 60.6 Å². The molecule has 10 heavy (non-hydrogen) atoms. The molecule has 0 saturated carbocycles. The van der Waals surface area contributed by atoms with Crippen molar-refractivity contribution in [3.8, 4) is 0 Å². The van der Waals surface area contributed by atoms with Crippen LogP contribution in [0.15, 0.2) is 11.8 Å². The second-order valence-corrected chi connectivity index (χ2v) is 1.80. The lowest BCUT2D eigenvalue weighted by Gasteiger charge is -1.97. The SMILES string of the molecule is COC(=O)CC=C(C)OC. The third-order valence-electron chi connectivity index (χ3n) is 1.11. The highest BCUT2D eigenvalue weighted by molar-refractivity contribution is 5.70. The molecule has 0 N–H and O–H groups in total. The Balaban J connectivity index is 3.61. The van der Waals surface area contributed by atoms with Crippen molar-refractivity contribution in [3.63, 3.8) is 0 Å². The Kier molecular flexibility index (Phi) is 4.37. The van der Waals surface area contributed by atoms with Gasteiger partial charge in [0, 0.05) is 0 Å². The minimum Gasteiger partial charge on any atom is -0.502 e. The van der Waals surface area contributed by atoms with Crippen LogP contribution in [-0.4, -0.2) is 20.2 Å². The molecule has 0 unspecified atom stereocenters. The third-order valence-corrected chi connectivity index (χ3v) is 1.11. The Hall–Kier alpha value is -0.990. The van der Waals surface area contributed by atoms with Gasteiger partial charge in [0.15, 0.2) is 0 Å². The first-order valence-corrected chi connectivity index (χ1v) is 2.98. The van der Waals surface area contributed by atoms with Gasteiger partial charge < -0.3 is 9.47 Å². The number of allylic oxidation sites excluding steroid dienone is 1. The highest BCUT2D eigenvalue weighted by Gasteiger charge is 1.95. The zero-order valence-electron chi connectivity index (χ0n) is 6.51. The molecule has 0 bridgehead atoms. The number of methoxy groups -OCH3 is 2. The number of hydrogen-bond acceptors (Lipinski definition) is 3. The molecule has 0 radical (unpaired) electrons. The van der Waals surface area contributed by atoms with Gasteiger partial charge in [0.25, 0.3) is 0 Å². The second-order valence-electron chi connectivity index (χ2n) is 1.80. The van der Waals surface area contributed by atoms with Crippen LogP contribution in [-0.2, 0) is 14.3 Å². The summed E-state index contributed by atoms with van der Waals surface area (Å²) in [5, 5.41) is 0. The van der Waals surface area contributed by atoms with Crippen LogP contribution in [0, 0.1) is 0 Å². The van der Waals surface area contributed by atoms with Gasteiger partial charge in [-0.1, -0.05) is 0 Å². The number of ether oxygens (including phenoxy) is 2. The van der Waals surface area contributed by atoms with Crippen molar-refractivity contribution < 1.29 is 14.3 Å². The smallest absolute Gasteiger partial charge is 0.309 e. The van der Waals surface area contributed by atoms with Gasteiger partial charge in [-0.05, 0) is 13.0 Å². The summed E-state index contributed by atoms with van der Waals surface area (Å²) in [7, 11) is 2.92. The number of carbonyl (C=O) groups is 1. The topological polar surface area (TPSA) is 35.5 Å². The van der Waals surface area contributed by atoms with Crippen LogP contribution < -0.4 is 0 Å². The molecule has 0 aliphatic carbocycles. The lowest BCUT2D eigenvalue weighted by Crippen LogP contribution is -1.97. The lowest BCUT2D eigenvalue weighted by molar-refractivity contribution is -0.139. The average Bonchev–Trinajstić information content (AvgIpc) is 1.99. The molecule has 3 heteroatoms. The van der Waals surface area contributed by atoms with E-state index in [1.807, 2.05) is 0 Å². The number of rotatable bonds is 3. The van der Waals surface area contributed by atoms with Crippen molar-refractivity contribution in [2.45, 2.75) is 13.3 Å². The minimum absolute atomic E-state index is 0.253. The standard InChI is InChI=1S/C7H12O3/c1-6(9-2)4-5-7(8)10-3/h4H,5H2,1-3H3.